The van der Waals surface area contributed by atoms with Gasteiger partial charge in [0.1, 0.15) is 0 Å². The van der Waals surface area contributed by atoms with Crippen molar-refractivity contribution in [1.29, 1.82) is 0 Å². The van der Waals surface area contributed by atoms with E-state index in [0.717, 1.165) is 12.1 Å². The molecule has 2 aliphatic heterocycles. The lowest BCUT2D eigenvalue weighted by Gasteiger charge is -2.30. The summed E-state index contributed by atoms with van der Waals surface area (Å²) in [6, 6.07) is 7.99. The molecule has 1 amide bonds. The van der Waals surface area contributed by atoms with Crippen LogP contribution in [0.1, 0.15) is 41.6 Å². The zero-order valence-corrected chi connectivity index (χ0v) is 14.4. The molecule has 0 bridgehead atoms. The molecule has 0 unspecified atom stereocenters. The number of carbonyl (C=O) groups is 2. The summed E-state index contributed by atoms with van der Waals surface area (Å²) in [5.41, 5.74) is 1.99. The number of likely N-dealkylation sites (tertiary alicyclic amines) is 2. The maximum Gasteiger partial charge on any atom is 0.308 e. The van der Waals surface area contributed by atoms with Crippen molar-refractivity contribution in [2.24, 2.45) is 5.92 Å². The maximum atomic E-state index is 12.6. The summed E-state index contributed by atoms with van der Waals surface area (Å²) in [5.74, 6) is -0.165. The number of carbonyl (C=O) groups excluding carboxylic acids is 2. The number of amides is 1. The van der Waals surface area contributed by atoms with Crippen LogP contribution < -0.4 is 0 Å². The molecule has 1 aromatic carbocycles. The number of benzene rings is 1. The normalized spacial score (nSPS) is 19.5. The number of piperidine rings is 1. The molecule has 0 saturated carbocycles. The van der Waals surface area contributed by atoms with Crippen molar-refractivity contribution in [1.82, 2.24) is 9.80 Å². The van der Waals surface area contributed by atoms with Crippen LogP contribution in [0.2, 0.25) is 0 Å². The van der Waals surface area contributed by atoms with Gasteiger partial charge in [0.15, 0.2) is 0 Å². The van der Waals surface area contributed by atoms with Gasteiger partial charge in [0.05, 0.1) is 13.0 Å². The van der Waals surface area contributed by atoms with Gasteiger partial charge < -0.3 is 9.64 Å². The lowest BCUT2D eigenvalue weighted by molar-refractivity contribution is -0.146. The Balaban J connectivity index is 1.54. The molecule has 0 atom stereocenters. The Morgan fingerprint density at radius 1 is 1.04 bits per heavy atom. The summed E-state index contributed by atoms with van der Waals surface area (Å²) < 4.78 is 4.79. The Kier molecular flexibility index (Phi) is 5.51. The zero-order chi connectivity index (χ0) is 16.9. The Labute approximate surface area is 143 Å². The first-order valence-corrected chi connectivity index (χ1v) is 8.86. The van der Waals surface area contributed by atoms with Crippen molar-refractivity contribution in [2.45, 2.75) is 32.2 Å². The van der Waals surface area contributed by atoms with Gasteiger partial charge in [0, 0.05) is 25.2 Å². The number of esters is 1. The largest absolute Gasteiger partial charge is 0.469 e. The minimum Gasteiger partial charge on any atom is -0.469 e. The first kappa shape index (κ1) is 17.0. The average molecular weight is 330 g/mol. The molecule has 2 fully saturated rings. The van der Waals surface area contributed by atoms with Crippen molar-refractivity contribution in [3.63, 3.8) is 0 Å². The van der Waals surface area contributed by atoms with E-state index in [1.54, 1.807) is 0 Å². The third-order valence-electron chi connectivity index (χ3n) is 5.12. The number of methoxy groups -OCH3 is 1. The highest BCUT2D eigenvalue weighted by Gasteiger charge is 2.28. The Morgan fingerprint density at radius 2 is 1.67 bits per heavy atom. The van der Waals surface area contributed by atoms with Gasteiger partial charge in [0.25, 0.3) is 5.91 Å². The van der Waals surface area contributed by atoms with E-state index in [1.807, 2.05) is 17.0 Å². The number of hydrogen-bond acceptors (Lipinski definition) is 4. The third kappa shape index (κ3) is 3.96. The molecule has 2 aliphatic rings. The van der Waals surface area contributed by atoms with Crippen LogP contribution in [-0.4, -0.2) is 55.0 Å². The first-order valence-electron chi connectivity index (χ1n) is 8.86. The van der Waals surface area contributed by atoms with Gasteiger partial charge in [-0.2, -0.15) is 0 Å². The predicted molar refractivity (Wildman–Crippen MR) is 91.6 cm³/mol. The van der Waals surface area contributed by atoms with E-state index >= 15 is 0 Å². The van der Waals surface area contributed by atoms with Crippen LogP contribution in [0, 0.1) is 5.92 Å². The Morgan fingerprint density at radius 3 is 2.25 bits per heavy atom. The molecule has 5 nitrogen and oxygen atoms in total. The van der Waals surface area contributed by atoms with Gasteiger partial charge in [0.2, 0.25) is 0 Å². The second-order valence-electron chi connectivity index (χ2n) is 6.77. The summed E-state index contributed by atoms with van der Waals surface area (Å²) in [6.07, 6.45) is 3.95. The van der Waals surface area contributed by atoms with Gasteiger partial charge in [-0.1, -0.05) is 12.1 Å². The average Bonchev–Trinajstić information content (AvgIpc) is 3.14. The predicted octanol–water partition coefficient (Wildman–Crippen LogP) is 2.31. The van der Waals surface area contributed by atoms with Gasteiger partial charge in [-0.25, -0.2) is 0 Å². The lowest BCUT2D eigenvalue weighted by Crippen LogP contribution is -2.40. The second kappa shape index (κ2) is 7.79. The van der Waals surface area contributed by atoms with Crippen molar-refractivity contribution < 1.29 is 14.3 Å². The molecule has 24 heavy (non-hydrogen) atoms. The number of rotatable bonds is 4. The smallest absolute Gasteiger partial charge is 0.308 e. The van der Waals surface area contributed by atoms with Crippen LogP contribution >= 0.6 is 0 Å². The van der Waals surface area contributed by atoms with Gasteiger partial charge in [-0.05, 0) is 56.5 Å². The van der Waals surface area contributed by atoms with E-state index in [2.05, 4.69) is 17.0 Å². The van der Waals surface area contributed by atoms with Crippen LogP contribution in [-0.2, 0) is 16.1 Å². The molecule has 0 aliphatic carbocycles. The zero-order valence-electron chi connectivity index (χ0n) is 14.4. The minimum absolute atomic E-state index is 0.0611. The highest BCUT2D eigenvalue weighted by Crippen LogP contribution is 2.21. The summed E-state index contributed by atoms with van der Waals surface area (Å²) in [6.45, 7) is 4.56. The number of hydrogen-bond donors (Lipinski definition) is 0. The van der Waals surface area contributed by atoms with Crippen molar-refractivity contribution in [3.8, 4) is 0 Å². The molecule has 1 aromatic rings. The van der Waals surface area contributed by atoms with Crippen LogP contribution in [0.4, 0.5) is 0 Å². The van der Waals surface area contributed by atoms with Gasteiger partial charge in [-0.3, -0.25) is 14.5 Å². The summed E-state index contributed by atoms with van der Waals surface area (Å²) >= 11 is 0. The number of ether oxygens (including phenoxy) is 1. The Bertz CT molecular complexity index is 571. The van der Waals surface area contributed by atoms with Gasteiger partial charge in [-0.15, -0.1) is 0 Å². The molecule has 130 valence electrons. The van der Waals surface area contributed by atoms with E-state index in [-0.39, 0.29) is 17.8 Å². The molecular formula is C19H26N2O3. The lowest BCUT2D eigenvalue weighted by atomic mass is 9.96. The van der Waals surface area contributed by atoms with Gasteiger partial charge >= 0.3 is 5.97 Å². The molecule has 5 heteroatoms. The molecule has 2 heterocycles. The van der Waals surface area contributed by atoms with Crippen molar-refractivity contribution in [3.05, 3.63) is 35.4 Å². The van der Waals surface area contributed by atoms with Crippen LogP contribution in [0.5, 0.6) is 0 Å². The van der Waals surface area contributed by atoms with Crippen molar-refractivity contribution in [2.75, 3.05) is 33.3 Å². The standard InChI is InChI=1S/C19H26N2O3/c1-24-19(23)17-8-12-21(13-9-17)18(22)16-6-4-15(5-7-16)14-20-10-2-3-11-20/h4-7,17H,2-3,8-14H2,1H3. The summed E-state index contributed by atoms with van der Waals surface area (Å²) in [4.78, 5) is 28.5. The van der Waals surface area contributed by atoms with Crippen LogP contribution in [0.15, 0.2) is 24.3 Å². The summed E-state index contributed by atoms with van der Waals surface area (Å²) in [5, 5.41) is 0. The van der Waals surface area contributed by atoms with E-state index in [4.69, 9.17) is 4.74 Å². The third-order valence-corrected chi connectivity index (χ3v) is 5.12. The molecule has 3 rings (SSSR count). The van der Waals surface area contributed by atoms with Crippen molar-refractivity contribution >= 4 is 11.9 Å². The fourth-order valence-corrected chi connectivity index (χ4v) is 3.62. The van der Waals surface area contributed by atoms with E-state index < -0.39 is 0 Å². The number of nitrogens with zero attached hydrogens (tertiary/aromatic N) is 2. The Hall–Kier alpha value is -1.88. The molecular weight excluding hydrogens is 304 g/mol. The molecule has 0 spiro atoms. The van der Waals surface area contributed by atoms with Crippen LogP contribution in [0.3, 0.4) is 0 Å². The highest BCUT2D eigenvalue weighted by atomic mass is 16.5. The molecule has 0 aromatic heterocycles. The van der Waals surface area contributed by atoms with E-state index in [0.29, 0.717) is 25.9 Å². The van der Waals surface area contributed by atoms with Crippen LogP contribution in [0.25, 0.3) is 0 Å². The summed E-state index contributed by atoms with van der Waals surface area (Å²) in [7, 11) is 1.42. The minimum atomic E-state index is -0.159. The second-order valence-corrected chi connectivity index (χ2v) is 6.77. The first-order chi connectivity index (χ1) is 11.7. The topological polar surface area (TPSA) is 49.9 Å². The fourth-order valence-electron chi connectivity index (χ4n) is 3.62. The fraction of sp³-hybridized carbons (Fsp3) is 0.579. The highest BCUT2D eigenvalue weighted by molar-refractivity contribution is 5.94. The van der Waals surface area contributed by atoms with E-state index in [1.165, 1.54) is 38.6 Å². The molecule has 0 radical (unpaired) electrons. The van der Waals surface area contributed by atoms with E-state index in [9.17, 15) is 9.59 Å². The molecule has 0 N–H and O–H groups in total. The quantitative estimate of drug-likeness (QED) is 0.795. The monoisotopic (exact) mass is 330 g/mol. The molecule has 2 saturated heterocycles. The maximum absolute atomic E-state index is 12.6. The SMILES string of the molecule is COC(=O)C1CCN(C(=O)c2ccc(CN3CCCC3)cc2)CC1.